The van der Waals surface area contributed by atoms with Gasteiger partial charge in [-0.1, -0.05) is 42.5 Å². The number of amides is 2. The fourth-order valence-corrected chi connectivity index (χ4v) is 3.53. The molecule has 1 aliphatic heterocycles. The van der Waals surface area contributed by atoms with Gasteiger partial charge in [0.25, 0.3) is 0 Å². The predicted octanol–water partition coefficient (Wildman–Crippen LogP) is 3.90. The van der Waals surface area contributed by atoms with Crippen molar-refractivity contribution < 1.29 is 14.3 Å². The lowest BCUT2D eigenvalue weighted by molar-refractivity contribution is -0.134. The largest absolute Gasteiger partial charge is 0.492 e. The predicted molar refractivity (Wildman–Crippen MR) is 110 cm³/mol. The summed E-state index contributed by atoms with van der Waals surface area (Å²) in [5.74, 6) is 0.785. The van der Waals surface area contributed by atoms with Crippen LogP contribution in [0.3, 0.4) is 0 Å². The zero-order valence-corrected chi connectivity index (χ0v) is 16.4. The second-order valence-electron chi connectivity index (χ2n) is 7.06. The third kappa shape index (κ3) is 5.35. The molecule has 0 aliphatic carbocycles. The third-order valence-electron chi connectivity index (χ3n) is 5.13. The Kier molecular flexibility index (Phi) is 7.06. The molecule has 0 bridgehead atoms. The van der Waals surface area contributed by atoms with E-state index in [9.17, 15) is 9.59 Å². The number of rotatable bonds is 7. The van der Waals surface area contributed by atoms with Crippen molar-refractivity contribution >= 4 is 17.5 Å². The Balaban J connectivity index is 1.47. The fraction of sp³-hybridized carbons (Fsp3) is 0.391. The zero-order valence-electron chi connectivity index (χ0n) is 16.4. The first-order valence-corrected chi connectivity index (χ1v) is 10.0. The van der Waals surface area contributed by atoms with Gasteiger partial charge in [-0.3, -0.25) is 9.59 Å². The van der Waals surface area contributed by atoms with Gasteiger partial charge in [0, 0.05) is 25.4 Å². The van der Waals surface area contributed by atoms with Crippen LogP contribution < -0.4 is 10.1 Å². The van der Waals surface area contributed by atoms with Crippen LogP contribution in [0.1, 0.15) is 31.7 Å². The maximum atomic E-state index is 12.6. The summed E-state index contributed by atoms with van der Waals surface area (Å²) < 4.78 is 5.57. The number of para-hydroxylation sites is 2. The number of carbonyl (C=O) groups excluding carboxylic acids is 2. The summed E-state index contributed by atoms with van der Waals surface area (Å²) in [6.45, 7) is 3.75. The van der Waals surface area contributed by atoms with Crippen LogP contribution in [0.2, 0.25) is 0 Å². The van der Waals surface area contributed by atoms with Crippen LogP contribution in [0.5, 0.6) is 5.75 Å². The van der Waals surface area contributed by atoms with Gasteiger partial charge in [0.05, 0.1) is 12.3 Å². The molecule has 1 fully saturated rings. The molecular formula is C23H28N2O3. The molecule has 148 valence electrons. The second kappa shape index (κ2) is 9.93. The van der Waals surface area contributed by atoms with E-state index >= 15 is 0 Å². The van der Waals surface area contributed by atoms with E-state index in [1.54, 1.807) is 0 Å². The molecule has 2 aromatic carbocycles. The van der Waals surface area contributed by atoms with Gasteiger partial charge >= 0.3 is 0 Å². The maximum Gasteiger partial charge on any atom is 0.227 e. The summed E-state index contributed by atoms with van der Waals surface area (Å²) in [6, 6.07) is 17.5. The van der Waals surface area contributed by atoms with Gasteiger partial charge in [0.1, 0.15) is 5.75 Å². The summed E-state index contributed by atoms with van der Waals surface area (Å²) in [5, 5.41) is 2.99. The third-order valence-corrected chi connectivity index (χ3v) is 5.13. The van der Waals surface area contributed by atoms with E-state index in [2.05, 4.69) is 5.32 Å². The number of ether oxygens (including phenoxy) is 1. The molecule has 0 atom stereocenters. The minimum absolute atomic E-state index is 0.00328. The summed E-state index contributed by atoms with van der Waals surface area (Å²) in [6.07, 6.45) is 2.66. The van der Waals surface area contributed by atoms with Gasteiger partial charge in [-0.2, -0.15) is 0 Å². The fourth-order valence-electron chi connectivity index (χ4n) is 3.53. The minimum atomic E-state index is -0.0761. The van der Waals surface area contributed by atoms with Crippen molar-refractivity contribution in [2.75, 3.05) is 25.0 Å². The maximum absolute atomic E-state index is 12.6. The molecule has 5 heteroatoms. The molecule has 0 radical (unpaired) electrons. The lowest BCUT2D eigenvalue weighted by Gasteiger charge is -2.31. The molecule has 0 spiro atoms. The van der Waals surface area contributed by atoms with Crippen molar-refractivity contribution in [3.8, 4) is 5.75 Å². The van der Waals surface area contributed by atoms with Crippen LogP contribution in [0.25, 0.3) is 0 Å². The van der Waals surface area contributed by atoms with Gasteiger partial charge in [-0.05, 0) is 43.9 Å². The average Bonchev–Trinajstić information content (AvgIpc) is 2.74. The topological polar surface area (TPSA) is 58.6 Å². The number of carbonyl (C=O) groups is 2. The Hall–Kier alpha value is -2.82. The van der Waals surface area contributed by atoms with Crippen molar-refractivity contribution in [2.45, 2.75) is 32.6 Å². The molecule has 3 rings (SSSR count). The highest BCUT2D eigenvalue weighted by atomic mass is 16.5. The highest BCUT2D eigenvalue weighted by Crippen LogP contribution is 2.26. The number of hydrogen-bond acceptors (Lipinski definition) is 3. The number of likely N-dealkylation sites (tertiary alicyclic amines) is 1. The molecule has 1 aliphatic rings. The Bertz CT molecular complexity index is 783. The van der Waals surface area contributed by atoms with Gasteiger partial charge < -0.3 is 15.0 Å². The van der Waals surface area contributed by atoms with E-state index in [-0.39, 0.29) is 17.7 Å². The van der Waals surface area contributed by atoms with Crippen LogP contribution in [-0.4, -0.2) is 36.4 Å². The smallest absolute Gasteiger partial charge is 0.227 e. The number of anilines is 1. The first kappa shape index (κ1) is 19.9. The molecule has 1 heterocycles. The van der Waals surface area contributed by atoms with E-state index in [1.807, 2.05) is 66.4 Å². The second-order valence-corrected chi connectivity index (χ2v) is 7.06. The van der Waals surface area contributed by atoms with Crippen molar-refractivity contribution in [3.05, 3.63) is 60.2 Å². The molecule has 0 unspecified atom stereocenters. The first-order valence-electron chi connectivity index (χ1n) is 10.0. The standard InChI is InChI=1S/C23H28N2O3/c1-2-28-21-11-7-6-10-20(21)24-23(27)19-14-16-25(17-15-19)22(26)13-12-18-8-4-3-5-9-18/h3-11,19H,2,12-17H2,1H3,(H,24,27). The van der Waals surface area contributed by atoms with Crippen LogP contribution in [0, 0.1) is 5.92 Å². The number of nitrogens with zero attached hydrogens (tertiary/aromatic N) is 1. The van der Waals surface area contributed by atoms with Crippen molar-refractivity contribution in [3.63, 3.8) is 0 Å². The van der Waals surface area contributed by atoms with E-state index in [1.165, 1.54) is 5.56 Å². The number of benzene rings is 2. The molecular weight excluding hydrogens is 352 g/mol. The van der Waals surface area contributed by atoms with Crippen LogP contribution in [0.4, 0.5) is 5.69 Å². The lowest BCUT2D eigenvalue weighted by Crippen LogP contribution is -2.41. The quantitative estimate of drug-likeness (QED) is 0.793. The molecule has 28 heavy (non-hydrogen) atoms. The monoisotopic (exact) mass is 380 g/mol. The summed E-state index contributed by atoms with van der Waals surface area (Å²) in [7, 11) is 0. The molecule has 2 amide bonds. The summed E-state index contributed by atoms with van der Waals surface area (Å²) in [5.41, 5.74) is 1.88. The Morgan fingerprint density at radius 2 is 1.71 bits per heavy atom. The Morgan fingerprint density at radius 1 is 1.04 bits per heavy atom. The van der Waals surface area contributed by atoms with E-state index in [0.29, 0.717) is 50.4 Å². The van der Waals surface area contributed by atoms with Gasteiger partial charge in [-0.15, -0.1) is 0 Å². The van der Waals surface area contributed by atoms with Crippen LogP contribution >= 0.6 is 0 Å². The van der Waals surface area contributed by atoms with Crippen LogP contribution in [0.15, 0.2) is 54.6 Å². The normalized spacial score (nSPS) is 14.5. The number of nitrogens with one attached hydrogen (secondary N) is 1. The Morgan fingerprint density at radius 3 is 2.43 bits per heavy atom. The van der Waals surface area contributed by atoms with E-state index < -0.39 is 0 Å². The molecule has 1 N–H and O–H groups in total. The zero-order chi connectivity index (χ0) is 19.8. The lowest BCUT2D eigenvalue weighted by atomic mass is 9.95. The van der Waals surface area contributed by atoms with Gasteiger partial charge in [0.15, 0.2) is 0 Å². The van der Waals surface area contributed by atoms with Crippen molar-refractivity contribution in [1.82, 2.24) is 4.90 Å². The first-order chi connectivity index (χ1) is 13.7. The summed E-state index contributed by atoms with van der Waals surface area (Å²) in [4.78, 5) is 27.0. The number of aryl methyl sites for hydroxylation is 1. The molecule has 0 saturated carbocycles. The van der Waals surface area contributed by atoms with Crippen molar-refractivity contribution in [2.24, 2.45) is 5.92 Å². The van der Waals surface area contributed by atoms with Crippen LogP contribution in [-0.2, 0) is 16.0 Å². The Labute approximate surface area is 166 Å². The molecule has 0 aromatic heterocycles. The SMILES string of the molecule is CCOc1ccccc1NC(=O)C1CCN(C(=O)CCc2ccccc2)CC1. The highest BCUT2D eigenvalue weighted by Gasteiger charge is 2.27. The average molecular weight is 380 g/mol. The number of piperidine rings is 1. The molecule has 5 nitrogen and oxygen atoms in total. The molecule has 2 aromatic rings. The van der Waals surface area contributed by atoms with Gasteiger partial charge in [-0.25, -0.2) is 0 Å². The summed E-state index contributed by atoms with van der Waals surface area (Å²) >= 11 is 0. The van der Waals surface area contributed by atoms with Crippen molar-refractivity contribution in [1.29, 1.82) is 0 Å². The number of hydrogen-bond donors (Lipinski definition) is 1. The van der Waals surface area contributed by atoms with E-state index in [4.69, 9.17) is 4.74 Å². The molecule has 1 saturated heterocycles. The van der Waals surface area contributed by atoms with E-state index in [0.717, 1.165) is 6.42 Å². The highest BCUT2D eigenvalue weighted by molar-refractivity contribution is 5.94. The van der Waals surface area contributed by atoms with Gasteiger partial charge in [0.2, 0.25) is 11.8 Å². The minimum Gasteiger partial charge on any atom is -0.492 e.